The van der Waals surface area contributed by atoms with Crippen molar-refractivity contribution in [1.29, 1.82) is 0 Å². The zero-order valence-electron chi connectivity index (χ0n) is 37.2. The number of benzene rings is 10. The van der Waals surface area contributed by atoms with Crippen LogP contribution in [0.4, 0.5) is 17.1 Å². The van der Waals surface area contributed by atoms with Crippen LogP contribution in [-0.4, -0.2) is 9.97 Å². The molecule has 68 heavy (non-hydrogen) atoms. The summed E-state index contributed by atoms with van der Waals surface area (Å²) in [6, 6.07) is 94.2. The average molecular weight is 866 g/mol. The van der Waals surface area contributed by atoms with Gasteiger partial charge in [-0.25, -0.2) is 9.97 Å². The highest BCUT2D eigenvalue weighted by Gasteiger charge is 2.51. The van der Waals surface area contributed by atoms with Crippen LogP contribution >= 0.6 is 0 Å². The van der Waals surface area contributed by atoms with Crippen LogP contribution in [0.5, 0.6) is 0 Å². The molecule has 2 aliphatic rings. The van der Waals surface area contributed by atoms with Gasteiger partial charge in [0, 0.05) is 22.4 Å². The summed E-state index contributed by atoms with van der Waals surface area (Å²) in [6.07, 6.45) is 0. The lowest BCUT2D eigenvalue weighted by molar-refractivity contribution is 0.753. The zero-order chi connectivity index (χ0) is 45.0. The van der Waals surface area contributed by atoms with Crippen LogP contribution in [0.2, 0.25) is 0 Å². The maximum absolute atomic E-state index is 5.22. The first-order valence-corrected chi connectivity index (χ1v) is 23.3. The Hall–Kier alpha value is -8.92. The molecule has 1 spiro atoms. The van der Waals surface area contributed by atoms with Crippen molar-refractivity contribution in [3.63, 3.8) is 0 Å². The molecule has 1 aliphatic heterocycles. The van der Waals surface area contributed by atoms with Crippen molar-refractivity contribution < 1.29 is 0 Å². The lowest BCUT2D eigenvalue weighted by Crippen LogP contribution is -2.36. The fourth-order valence-electron chi connectivity index (χ4n) is 10.8. The van der Waals surface area contributed by atoms with Crippen molar-refractivity contribution in [2.24, 2.45) is 0 Å². The van der Waals surface area contributed by atoms with Crippen LogP contribution in [0.3, 0.4) is 0 Å². The van der Waals surface area contributed by atoms with Gasteiger partial charge in [-0.3, -0.25) is 0 Å². The molecular weight excluding hydrogens is 823 g/mol. The highest BCUT2D eigenvalue weighted by molar-refractivity contribution is 5.97. The third kappa shape index (κ3) is 6.43. The fourth-order valence-corrected chi connectivity index (χ4v) is 10.8. The van der Waals surface area contributed by atoms with Gasteiger partial charge in [0.05, 0.1) is 28.2 Å². The first-order chi connectivity index (χ1) is 33.7. The number of rotatable bonds is 7. The standard InChI is InChI=1S/C65H43N3/c1-4-18-44(19-5-1)45-34-36-47(37-35-45)64-66-60(46-20-6-2-7-21-46)43-61(67-64)52-25-17-24-50(41-52)48-22-16-23-49(40-48)51-38-39-57-55(42-51)54-28-10-11-29-56(54)65(57)58-30-12-14-32-62(58)68(53-26-8-3-9-27-53)63-33-15-13-31-59(63)65/h1-43H. The number of hydrogen-bond acceptors (Lipinski definition) is 3. The minimum Gasteiger partial charge on any atom is -0.310 e. The molecular formula is C65H43N3. The topological polar surface area (TPSA) is 29.0 Å². The molecule has 318 valence electrons. The lowest BCUT2D eigenvalue weighted by atomic mass is 9.64. The summed E-state index contributed by atoms with van der Waals surface area (Å²) in [7, 11) is 0. The smallest absolute Gasteiger partial charge is 0.160 e. The van der Waals surface area contributed by atoms with Crippen molar-refractivity contribution in [3.8, 4) is 78.4 Å². The molecule has 3 nitrogen and oxygen atoms in total. The number of nitrogens with zero attached hydrogens (tertiary/aromatic N) is 3. The molecule has 2 heterocycles. The first kappa shape index (κ1) is 39.4. The van der Waals surface area contributed by atoms with Gasteiger partial charge in [0.25, 0.3) is 0 Å². The molecule has 0 N–H and O–H groups in total. The normalized spacial score (nSPS) is 12.8. The maximum atomic E-state index is 5.22. The van der Waals surface area contributed by atoms with Crippen molar-refractivity contribution >= 4 is 17.1 Å². The Kier molecular flexibility index (Phi) is 9.40. The summed E-state index contributed by atoms with van der Waals surface area (Å²) in [5.41, 5.74) is 22.6. The number of hydrogen-bond donors (Lipinski definition) is 0. The van der Waals surface area contributed by atoms with Crippen LogP contribution in [0.1, 0.15) is 22.3 Å². The second kappa shape index (κ2) is 16.2. The Morgan fingerprint density at radius 1 is 0.265 bits per heavy atom. The Morgan fingerprint density at radius 2 is 0.691 bits per heavy atom. The zero-order valence-corrected chi connectivity index (χ0v) is 37.2. The van der Waals surface area contributed by atoms with Gasteiger partial charge in [-0.15, -0.1) is 0 Å². The Balaban J connectivity index is 0.892. The van der Waals surface area contributed by atoms with Crippen LogP contribution in [0.15, 0.2) is 261 Å². The number of para-hydroxylation sites is 3. The molecule has 0 fully saturated rings. The summed E-state index contributed by atoms with van der Waals surface area (Å²) < 4.78 is 0. The van der Waals surface area contributed by atoms with Crippen molar-refractivity contribution in [1.82, 2.24) is 9.97 Å². The van der Waals surface area contributed by atoms with Gasteiger partial charge in [-0.05, 0) is 115 Å². The van der Waals surface area contributed by atoms with Crippen molar-refractivity contribution in [2.75, 3.05) is 4.90 Å². The molecule has 0 atom stereocenters. The molecule has 0 bridgehead atoms. The summed E-state index contributed by atoms with van der Waals surface area (Å²) in [5, 5.41) is 0. The van der Waals surface area contributed by atoms with Crippen molar-refractivity contribution in [2.45, 2.75) is 5.41 Å². The predicted octanol–water partition coefficient (Wildman–Crippen LogP) is 16.6. The third-order valence-electron chi connectivity index (χ3n) is 13.9. The van der Waals surface area contributed by atoms with Crippen LogP contribution < -0.4 is 4.90 Å². The van der Waals surface area contributed by atoms with Gasteiger partial charge in [0.2, 0.25) is 0 Å². The molecule has 1 aromatic heterocycles. The first-order valence-electron chi connectivity index (χ1n) is 23.3. The molecule has 11 aromatic rings. The third-order valence-corrected chi connectivity index (χ3v) is 13.9. The largest absolute Gasteiger partial charge is 0.310 e. The summed E-state index contributed by atoms with van der Waals surface area (Å²) >= 11 is 0. The SMILES string of the molecule is c1ccc(-c2ccc(-c3nc(-c4ccccc4)cc(-c4cccc(-c5cccc(-c6ccc7c(c6)-c6ccccc6C76c7ccccc7N(c7ccccc7)c7ccccc76)c5)c4)n3)cc2)cc1. The minimum absolute atomic E-state index is 0.488. The van der Waals surface area contributed by atoms with E-state index in [9.17, 15) is 0 Å². The second-order valence-electron chi connectivity index (χ2n) is 17.7. The highest BCUT2D eigenvalue weighted by atomic mass is 15.2. The van der Waals surface area contributed by atoms with E-state index in [4.69, 9.17) is 9.97 Å². The molecule has 1 aliphatic carbocycles. The molecule has 0 amide bonds. The van der Waals surface area contributed by atoms with Crippen molar-refractivity contribution in [3.05, 3.63) is 283 Å². The van der Waals surface area contributed by atoms with Gasteiger partial charge in [0.15, 0.2) is 5.82 Å². The molecule has 3 heteroatoms. The predicted molar refractivity (Wildman–Crippen MR) is 280 cm³/mol. The number of anilines is 3. The maximum Gasteiger partial charge on any atom is 0.160 e. The molecule has 13 rings (SSSR count). The Morgan fingerprint density at radius 3 is 1.34 bits per heavy atom. The van der Waals surface area contributed by atoms with Gasteiger partial charge in [-0.1, -0.05) is 212 Å². The molecule has 10 aromatic carbocycles. The average Bonchev–Trinajstić information content (AvgIpc) is 3.71. The van der Waals surface area contributed by atoms with E-state index in [0.717, 1.165) is 50.5 Å². The summed E-state index contributed by atoms with van der Waals surface area (Å²) in [4.78, 5) is 12.8. The number of aromatic nitrogens is 2. The molecule has 0 saturated heterocycles. The van der Waals surface area contributed by atoms with Gasteiger partial charge in [-0.2, -0.15) is 0 Å². The molecule has 0 unspecified atom stereocenters. The Labute approximate surface area is 397 Å². The van der Waals surface area contributed by atoms with Gasteiger partial charge in [0.1, 0.15) is 0 Å². The molecule has 0 radical (unpaired) electrons. The van der Waals surface area contributed by atoms with Gasteiger partial charge >= 0.3 is 0 Å². The minimum atomic E-state index is -0.488. The van der Waals surface area contributed by atoms with Crippen LogP contribution in [0.25, 0.3) is 78.4 Å². The van der Waals surface area contributed by atoms with E-state index in [2.05, 4.69) is 254 Å². The fraction of sp³-hybridized carbons (Fsp3) is 0.0154. The highest BCUT2D eigenvalue weighted by Crippen LogP contribution is 2.63. The summed E-state index contributed by atoms with van der Waals surface area (Å²) in [6.45, 7) is 0. The van der Waals surface area contributed by atoms with E-state index in [0.29, 0.717) is 5.82 Å². The second-order valence-corrected chi connectivity index (χ2v) is 17.7. The van der Waals surface area contributed by atoms with Gasteiger partial charge < -0.3 is 4.90 Å². The molecule has 0 saturated carbocycles. The van der Waals surface area contributed by atoms with E-state index >= 15 is 0 Å². The van der Waals surface area contributed by atoms with E-state index < -0.39 is 5.41 Å². The summed E-state index contributed by atoms with van der Waals surface area (Å²) in [5.74, 6) is 0.696. The quantitative estimate of drug-likeness (QED) is 0.160. The van der Waals surface area contributed by atoms with E-state index in [1.54, 1.807) is 0 Å². The Bertz CT molecular complexity index is 3630. The van der Waals surface area contributed by atoms with Crippen LogP contribution in [-0.2, 0) is 5.41 Å². The van der Waals surface area contributed by atoms with E-state index in [-0.39, 0.29) is 0 Å². The van der Waals surface area contributed by atoms with Crippen LogP contribution in [0, 0.1) is 0 Å². The number of fused-ring (bicyclic) bond motifs is 9. The lowest BCUT2D eigenvalue weighted by Gasteiger charge is -2.45. The van der Waals surface area contributed by atoms with E-state index in [1.807, 2.05) is 12.1 Å². The van der Waals surface area contributed by atoms with E-state index in [1.165, 1.54) is 61.4 Å². The monoisotopic (exact) mass is 865 g/mol.